The van der Waals surface area contributed by atoms with Crippen molar-refractivity contribution in [2.75, 3.05) is 25.3 Å². The van der Waals surface area contributed by atoms with Gasteiger partial charge < -0.3 is 19.8 Å². The summed E-state index contributed by atoms with van der Waals surface area (Å²) >= 11 is 2.58. The number of nitrogens with zero attached hydrogens (tertiary/aromatic N) is 1. The van der Waals surface area contributed by atoms with Crippen molar-refractivity contribution >= 4 is 51.0 Å². The quantitative estimate of drug-likeness (QED) is 0.308. The van der Waals surface area contributed by atoms with E-state index >= 15 is 0 Å². The van der Waals surface area contributed by atoms with Gasteiger partial charge in [0.2, 0.25) is 5.91 Å². The van der Waals surface area contributed by atoms with Gasteiger partial charge in [-0.05, 0) is 29.8 Å². The molecule has 2 N–H and O–H groups in total. The fourth-order valence-corrected chi connectivity index (χ4v) is 4.69. The molecule has 0 bridgehead atoms. The van der Waals surface area contributed by atoms with Crippen molar-refractivity contribution in [1.29, 1.82) is 0 Å². The maximum absolute atomic E-state index is 12.6. The number of aromatic amines is 1. The van der Waals surface area contributed by atoms with E-state index < -0.39 is 5.97 Å². The molecule has 31 heavy (non-hydrogen) atoms. The lowest BCUT2D eigenvalue weighted by Gasteiger charge is -2.08. The molecule has 158 valence electrons. The molecule has 0 radical (unpaired) electrons. The summed E-state index contributed by atoms with van der Waals surface area (Å²) in [6, 6.07) is 15.0. The van der Waals surface area contributed by atoms with Crippen LogP contribution in [0.4, 0.5) is 5.00 Å². The van der Waals surface area contributed by atoms with Crippen LogP contribution in [0.15, 0.2) is 59.1 Å². The van der Waals surface area contributed by atoms with Gasteiger partial charge in [-0.25, -0.2) is 9.78 Å². The van der Waals surface area contributed by atoms with Crippen LogP contribution in [-0.2, 0) is 9.53 Å². The first-order valence-corrected chi connectivity index (χ1v) is 11.2. The Morgan fingerprint density at radius 2 is 1.90 bits per heavy atom. The fourth-order valence-electron chi connectivity index (χ4n) is 3.03. The van der Waals surface area contributed by atoms with Crippen LogP contribution in [0.25, 0.3) is 22.2 Å². The van der Waals surface area contributed by atoms with Gasteiger partial charge in [-0.1, -0.05) is 36.0 Å². The number of imidazole rings is 1. The van der Waals surface area contributed by atoms with Crippen molar-refractivity contribution in [2.45, 2.75) is 5.16 Å². The Kier molecular flexibility index (Phi) is 6.24. The SMILES string of the molecule is COC(=O)c1c(-c2ccc(OC)cc2)csc1NC(=O)CSc1nc2ccccc2[nH]1. The lowest BCUT2D eigenvalue weighted by atomic mass is 10.0. The second-order valence-electron chi connectivity index (χ2n) is 6.47. The van der Waals surface area contributed by atoms with E-state index in [1.165, 1.54) is 30.2 Å². The number of aromatic nitrogens is 2. The lowest BCUT2D eigenvalue weighted by molar-refractivity contribution is -0.113. The number of anilines is 1. The smallest absolute Gasteiger partial charge is 0.341 e. The van der Waals surface area contributed by atoms with Gasteiger partial charge in [-0.2, -0.15) is 0 Å². The minimum absolute atomic E-state index is 0.149. The van der Waals surface area contributed by atoms with Crippen molar-refractivity contribution in [2.24, 2.45) is 0 Å². The number of fused-ring (bicyclic) bond motifs is 1. The highest BCUT2D eigenvalue weighted by Gasteiger charge is 2.22. The van der Waals surface area contributed by atoms with E-state index in [1.807, 2.05) is 53.9 Å². The van der Waals surface area contributed by atoms with Gasteiger partial charge in [0, 0.05) is 10.9 Å². The molecule has 2 aromatic carbocycles. The van der Waals surface area contributed by atoms with Crippen molar-refractivity contribution in [3.8, 4) is 16.9 Å². The molecule has 1 amide bonds. The third-order valence-electron chi connectivity index (χ3n) is 4.54. The minimum Gasteiger partial charge on any atom is -0.497 e. The summed E-state index contributed by atoms with van der Waals surface area (Å²) < 4.78 is 10.1. The summed E-state index contributed by atoms with van der Waals surface area (Å²) in [6.45, 7) is 0. The molecule has 0 saturated heterocycles. The number of thioether (sulfide) groups is 1. The predicted molar refractivity (Wildman–Crippen MR) is 123 cm³/mol. The van der Waals surface area contributed by atoms with E-state index in [-0.39, 0.29) is 11.7 Å². The number of para-hydroxylation sites is 2. The molecule has 0 fully saturated rings. The maximum atomic E-state index is 12.6. The van der Waals surface area contributed by atoms with Crippen LogP contribution in [0.5, 0.6) is 5.75 Å². The van der Waals surface area contributed by atoms with Gasteiger partial charge in [-0.3, -0.25) is 4.79 Å². The monoisotopic (exact) mass is 453 g/mol. The van der Waals surface area contributed by atoms with Gasteiger partial charge in [0.15, 0.2) is 5.16 Å². The first kappa shape index (κ1) is 21.0. The van der Waals surface area contributed by atoms with Crippen molar-refractivity contribution in [1.82, 2.24) is 9.97 Å². The molecular weight excluding hydrogens is 434 g/mol. The number of benzene rings is 2. The number of esters is 1. The van der Waals surface area contributed by atoms with Gasteiger partial charge in [0.05, 0.1) is 31.0 Å². The molecule has 2 aromatic heterocycles. The van der Waals surface area contributed by atoms with Crippen LogP contribution < -0.4 is 10.1 Å². The van der Waals surface area contributed by atoms with E-state index in [2.05, 4.69) is 15.3 Å². The predicted octanol–water partition coefficient (Wildman–Crippen LogP) is 4.82. The summed E-state index contributed by atoms with van der Waals surface area (Å²) in [5, 5.41) is 5.78. The number of methoxy groups -OCH3 is 2. The fraction of sp³-hybridized carbons (Fsp3) is 0.136. The Labute approximate surface area is 186 Å². The molecule has 0 unspecified atom stereocenters. The molecule has 0 aliphatic rings. The van der Waals surface area contributed by atoms with Crippen LogP contribution in [0, 0.1) is 0 Å². The molecule has 4 rings (SSSR count). The highest BCUT2D eigenvalue weighted by Crippen LogP contribution is 2.37. The van der Waals surface area contributed by atoms with Crippen molar-refractivity contribution in [3.05, 3.63) is 59.5 Å². The molecule has 2 heterocycles. The number of carbonyl (C=O) groups is 2. The Bertz CT molecular complexity index is 1200. The lowest BCUT2D eigenvalue weighted by Crippen LogP contribution is -2.16. The average Bonchev–Trinajstić information content (AvgIpc) is 3.41. The summed E-state index contributed by atoms with van der Waals surface area (Å²) in [4.78, 5) is 32.7. The number of hydrogen-bond donors (Lipinski definition) is 2. The van der Waals surface area contributed by atoms with E-state index in [9.17, 15) is 9.59 Å². The zero-order chi connectivity index (χ0) is 21.8. The van der Waals surface area contributed by atoms with Gasteiger partial charge in [0.1, 0.15) is 16.3 Å². The first-order valence-electron chi connectivity index (χ1n) is 9.30. The maximum Gasteiger partial charge on any atom is 0.341 e. The number of rotatable bonds is 7. The van der Waals surface area contributed by atoms with Gasteiger partial charge >= 0.3 is 5.97 Å². The van der Waals surface area contributed by atoms with Crippen molar-refractivity contribution < 1.29 is 19.1 Å². The molecule has 0 saturated carbocycles. The molecule has 0 aliphatic carbocycles. The number of carbonyl (C=O) groups excluding carboxylic acids is 2. The van der Waals surface area contributed by atoms with Crippen LogP contribution >= 0.6 is 23.1 Å². The van der Waals surface area contributed by atoms with E-state index in [4.69, 9.17) is 9.47 Å². The topological polar surface area (TPSA) is 93.3 Å². The van der Waals surface area contributed by atoms with Gasteiger partial charge in [0.25, 0.3) is 0 Å². The standard InChI is InChI=1S/C22H19N3O4S2/c1-28-14-9-7-13(8-10-14)15-11-30-20(19(15)21(27)29-2)25-18(26)12-31-22-23-16-5-3-4-6-17(16)24-22/h3-11H,12H2,1-2H3,(H,23,24)(H,25,26). The highest BCUT2D eigenvalue weighted by atomic mass is 32.2. The molecule has 0 spiro atoms. The largest absolute Gasteiger partial charge is 0.497 e. The first-order chi connectivity index (χ1) is 15.1. The molecule has 4 aromatic rings. The molecule has 9 heteroatoms. The third kappa shape index (κ3) is 4.57. The molecule has 0 atom stereocenters. The van der Waals surface area contributed by atoms with E-state index in [0.29, 0.717) is 21.3 Å². The number of thiophene rings is 1. The van der Waals surface area contributed by atoms with Crippen LogP contribution in [0.2, 0.25) is 0 Å². The summed E-state index contributed by atoms with van der Waals surface area (Å²) in [6.07, 6.45) is 0. The number of hydrogen-bond acceptors (Lipinski definition) is 7. The average molecular weight is 454 g/mol. The highest BCUT2D eigenvalue weighted by molar-refractivity contribution is 7.99. The van der Waals surface area contributed by atoms with Crippen LogP contribution in [-0.4, -0.2) is 41.8 Å². The molecular formula is C22H19N3O4S2. The number of ether oxygens (including phenoxy) is 2. The summed E-state index contributed by atoms with van der Waals surface area (Å²) in [5.74, 6) is 0.122. The Balaban J connectivity index is 1.50. The van der Waals surface area contributed by atoms with Crippen LogP contribution in [0.3, 0.4) is 0 Å². The number of H-pyrrole nitrogens is 1. The normalized spacial score (nSPS) is 10.8. The van der Waals surface area contributed by atoms with Crippen molar-refractivity contribution in [3.63, 3.8) is 0 Å². The third-order valence-corrected chi connectivity index (χ3v) is 6.31. The van der Waals surface area contributed by atoms with Gasteiger partial charge in [-0.15, -0.1) is 11.3 Å². The Morgan fingerprint density at radius 3 is 2.61 bits per heavy atom. The number of nitrogens with one attached hydrogen (secondary N) is 2. The molecule has 7 nitrogen and oxygen atoms in total. The minimum atomic E-state index is -0.507. The van der Waals surface area contributed by atoms with E-state index in [0.717, 1.165) is 22.3 Å². The second kappa shape index (κ2) is 9.23. The summed E-state index contributed by atoms with van der Waals surface area (Å²) in [7, 11) is 2.91. The van der Waals surface area contributed by atoms with E-state index in [1.54, 1.807) is 7.11 Å². The second-order valence-corrected chi connectivity index (χ2v) is 8.31. The Hall–Kier alpha value is -3.30. The molecule has 0 aliphatic heterocycles. The summed E-state index contributed by atoms with van der Waals surface area (Å²) in [5.41, 5.74) is 3.62. The van der Waals surface area contributed by atoms with Crippen LogP contribution in [0.1, 0.15) is 10.4 Å². The zero-order valence-corrected chi connectivity index (χ0v) is 18.4. The number of amides is 1. The Morgan fingerprint density at radius 1 is 1.13 bits per heavy atom. The zero-order valence-electron chi connectivity index (χ0n) is 16.8.